The second-order valence-electron chi connectivity index (χ2n) is 3.61. The van der Waals surface area contributed by atoms with E-state index < -0.39 is 5.97 Å². The average molecular weight is 167 g/mol. The van der Waals surface area contributed by atoms with Gasteiger partial charge in [-0.2, -0.15) is 0 Å². The fraction of sp³-hybridized carbons (Fsp3) is 0.667. The zero-order chi connectivity index (χ0) is 8.55. The highest BCUT2D eigenvalue weighted by molar-refractivity contribution is 5.69. The number of nitrogens with zero attached hydrogens (tertiary/aromatic N) is 1. The Hall–Kier alpha value is -0.830. The summed E-state index contributed by atoms with van der Waals surface area (Å²) in [5.41, 5.74) is 0. The van der Waals surface area contributed by atoms with Crippen LogP contribution in [0.25, 0.3) is 0 Å². The molecular formula is C9H13NO2. The zero-order valence-corrected chi connectivity index (χ0v) is 6.94. The van der Waals surface area contributed by atoms with Crippen molar-refractivity contribution < 1.29 is 9.90 Å². The van der Waals surface area contributed by atoms with Crippen LogP contribution in [0.1, 0.15) is 12.8 Å². The van der Waals surface area contributed by atoms with Gasteiger partial charge in [-0.1, -0.05) is 12.2 Å². The number of carboxylic acids is 1. The smallest absolute Gasteiger partial charge is 0.317 e. The lowest BCUT2D eigenvalue weighted by molar-refractivity contribution is -0.139. The van der Waals surface area contributed by atoms with Crippen molar-refractivity contribution in [1.29, 1.82) is 0 Å². The van der Waals surface area contributed by atoms with Crippen LogP contribution in [0.15, 0.2) is 12.2 Å². The molecule has 1 fully saturated rings. The van der Waals surface area contributed by atoms with Crippen molar-refractivity contribution in [3.63, 3.8) is 0 Å². The van der Waals surface area contributed by atoms with Crippen molar-refractivity contribution >= 4 is 5.97 Å². The van der Waals surface area contributed by atoms with Crippen molar-refractivity contribution in [1.82, 2.24) is 4.90 Å². The average Bonchev–Trinajstić information content (AvgIpc) is 2.05. The molecule has 1 N–H and O–H groups in total. The fourth-order valence-corrected chi connectivity index (χ4v) is 2.11. The number of piperidine rings is 1. The molecule has 12 heavy (non-hydrogen) atoms. The first-order valence-electron chi connectivity index (χ1n) is 4.40. The highest BCUT2D eigenvalue weighted by Gasteiger charge is 2.30. The van der Waals surface area contributed by atoms with Gasteiger partial charge in [-0.15, -0.1) is 0 Å². The Bertz CT molecular complexity index is 225. The quantitative estimate of drug-likeness (QED) is 0.616. The van der Waals surface area contributed by atoms with Crippen molar-refractivity contribution in [2.45, 2.75) is 18.9 Å². The minimum atomic E-state index is -0.712. The summed E-state index contributed by atoms with van der Waals surface area (Å²) >= 11 is 0. The molecule has 1 saturated heterocycles. The van der Waals surface area contributed by atoms with Gasteiger partial charge in [0.25, 0.3) is 0 Å². The second-order valence-corrected chi connectivity index (χ2v) is 3.61. The molecule has 0 aromatic rings. The molecule has 0 aromatic carbocycles. The second kappa shape index (κ2) is 2.90. The Labute approximate surface area is 71.7 Å². The van der Waals surface area contributed by atoms with Crippen molar-refractivity contribution in [3.8, 4) is 0 Å². The van der Waals surface area contributed by atoms with Crippen LogP contribution in [0.2, 0.25) is 0 Å². The molecule has 2 bridgehead atoms. The number of rotatable bonds is 2. The van der Waals surface area contributed by atoms with Crippen LogP contribution >= 0.6 is 0 Å². The summed E-state index contributed by atoms with van der Waals surface area (Å²) in [4.78, 5) is 12.5. The van der Waals surface area contributed by atoms with E-state index in [1.807, 2.05) is 0 Å². The number of aliphatic carboxylic acids is 1. The summed E-state index contributed by atoms with van der Waals surface area (Å²) in [7, 11) is 0. The van der Waals surface area contributed by atoms with Gasteiger partial charge >= 0.3 is 5.97 Å². The Morgan fingerprint density at radius 1 is 1.50 bits per heavy atom. The highest BCUT2D eigenvalue weighted by Crippen LogP contribution is 2.28. The summed E-state index contributed by atoms with van der Waals surface area (Å²) in [6, 6.07) is 0.395. The van der Waals surface area contributed by atoms with E-state index in [-0.39, 0.29) is 6.54 Å². The SMILES string of the molecule is O=C(O)CN1CC2C=CC1CC2. The molecule has 0 spiro atoms. The van der Waals surface area contributed by atoms with E-state index >= 15 is 0 Å². The minimum Gasteiger partial charge on any atom is -0.480 e. The molecule has 3 heteroatoms. The Balaban J connectivity index is 2.01. The summed E-state index contributed by atoms with van der Waals surface area (Å²) < 4.78 is 0. The largest absolute Gasteiger partial charge is 0.480 e. The maximum Gasteiger partial charge on any atom is 0.317 e. The van der Waals surface area contributed by atoms with Gasteiger partial charge < -0.3 is 5.11 Å². The number of hydrogen-bond donors (Lipinski definition) is 1. The van der Waals surface area contributed by atoms with E-state index in [9.17, 15) is 4.79 Å². The van der Waals surface area contributed by atoms with Crippen molar-refractivity contribution in [2.24, 2.45) is 5.92 Å². The molecule has 66 valence electrons. The van der Waals surface area contributed by atoms with E-state index in [2.05, 4.69) is 17.1 Å². The lowest BCUT2D eigenvalue weighted by Crippen LogP contribution is -2.47. The normalized spacial score (nSPS) is 34.0. The van der Waals surface area contributed by atoms with Crippen LogP contribution in [-0.2, 0) is 4.79 Å². The van der Waals surface area contributed by atoms with Crippen LogP contribution in [0, 0.1) is 5.92 Å². The monoisotopic (exact) mass is 167 g/mol. The standard InChI is InChI=1S/C9H13NO2/c11-9(12)6-10-5-7-1-3-8(10)4-2-7/h1,3,7-8H,2,4-6H2,(H,11,12). The third-order valence-corrected chi connectivity index (χ3v) is 2.72. The van der Waals surface area contributed by atoms with Gasteiger partial charge in [0, 0.05) is 12.6 Å². The van der Waals surface area contributed by atoms with Crippen molar-refractivity contribution in [2.75, 3.05) is 13.1 Å². The molecule has 1 aliphatic carbocycles. The number of hydrogen-bond acceptors (Lipinski definition) is 2. The van der Waals surface area contributed by atoms with Crippen LogP contribution in [-0.4, -0.2) is 35.1 Å². The molecule has 3 aliphatic rings. The molecule has 2 atom stereocenters. The van der Waals surface area contributed by atoms with Gasteiger partial charge in [0.15, 0.2) is 0 Å². The molecule has 0 saturated carbocycles. The van der Waals surface area contributed by atoms with E-state index in [0.717, 1.165) is 13.0 Å². The molecule has 0 amide bonds. The Morgan fingerprint density at radius 2 is 2.33 bits per heavy atom. The van der Waals surface area contributed by atoms with Gasteiger partial charge in [0.2, 0.25) is 0 Å². The van der Waals surface area contributed by atoms with Gasteiger partial charge in [-0.05, 0) is 18.8 Å². The number of carbonyl (C=O) groups is 1. The van der Waals surface area contributed by atoms with Crippen LogP contribution in [0.5, 0.6) is 0 Å². The summed E-state index contributed by atoms with van der Waals surface area (Å²) in [6.07, 6.45) is 6.75. The molecule has 0 radical (unpaired) electrons. The molecule has 2 unspecified atom stereocenters. The molecule has 2 heterocycles. The lowest BCUT2D eigenvalue weighted by Gasteiger charge is -2.40. The highest BCUT2D eigenvalue weighted by atomic mass is 16.4. The summed E-state index contributed by atoms with van der Waals surface area (Å²) in [6.45, 7) is 1.14. The van der Waals surface area contributed by atoms with Gasteiger partial charge in [0.1, 0.15) is 0 Å². The molecule has 3 rings (SSSR count). The lowest BCUT2D eigenvalue weighted by atomic mass is 9.86. The van der Waals surface area contributed by atoms with Crippen LogP contribution in [0.4, 0.5) is 0 Å². The predicted octanol–water partition coefficient (Wildman–Crippen LogP) is 0.721. The Morgan fingerprint density at radius 3 is 2.75 bits per heavy atom. The zero-order valence-electron chi connectivity index (χ0n) is 6.94. The summed E-state index contributed by atoms with van der Waals surface area (Å²) in [5.74, 6) is -0.106. The van der Waals surface area contributed by atoms with Gasteiger partial charge in [0.05, 0.1) is 6.54 Å². The van der Waals surface area contributed by atoms with Crippen molar-refractivity contribution in [3.05, 3.63) is 12.2 Å². The number of carboxylic acid groups (broad SMARTS) is 1. The third-order valence-electron chi connectivity index (χ3n) is 2.72. The minimum absolute atomic E-state index is 0.200. The maximum atomic E-state index is 10.5. The van der Waals surface area contributed by atoms with E-state index in [4.69, 9.17) is 5.11 Å². The Kier molecular flexibility index (Phi) is 1.89. The van der Waals surface area contributed by atoms with Crippen LogP contribution in [0.3, 0.4) is 0 Å². The molecule has 3 nitrogen and oxygen atoms in total. The molecular weight excluding hydrogens is 154 g/mol. The van der Waals surface area contributed by atoms with Crippen LogP contribution < -0.4 is 0 Å². The first kappa shape index (κ1) is 7.80. The van der Waals surface area contributed by atoms with Gasteiger partial charge in [-0.3, -0.25) is 9.69 Å². The van der Waals surface area contributed by atoms with Gasteiger partial charge in [-0.25, -0.2) is 0 Å². The van der Waals surface area contributed by atoms with E-state index in [1.54, 1.807) is 0 Å². The molecule has 2 aliphatic heterocycles. The number of fused-ring (bicyclic) bond motifs is 2. The predicted molar refractivity (Wildman–Crippen MR) is 44.9 cm³/mol. The van der Waals surface area contributed by atoms with E-state index in [1.165, 1.54) is 6.42 Å². The first-order chi connectivity index (χ1) is 5.75. The fourth-order valence-electron chi connectivity index (χ4n) is 2.11. The van der Waals surface area contributed by atoms with E-state index in [0.29, 0.717) is 12.0 Å². The molecule has 0 aromatic heterocycles. The first-order valence-corrected chi connectivity index (χ1v) is 4.40. The topological polar surface area (TPSA) is 40.5 Å². The maximum absolute atomic E-state index is 10.5. The third kappa shape index (κ3) is 1.37. The summed E-state index contributed by atoms with van der Waals surface area (Å²) in [5, 5.41) is 8.63.